The standard InChI is InChI=1S/C44H55N9O6S/c1-30-18-35-21-36(19-30)26-48-41(55)28-53-16-14-52(15-17-53)27-40(54)47-25-34-9-5-8-33(20-34)22-38(43(56)49-24-31-10-12-37(13-11-31)42(45)46)50-44(57)39(23-35)51-60(58,59)29-32-6-3-2-4-7-32/h2-13,19-21,30,38-39,51H,14-18,22-29H2,1H3,(H3,45,46)(H,47,54)(H,48,55)(H,49,56)(H,50,57)/t30?,38-,39+/m0/s1. The molecule has 60 heavy (non-hydrogen) atoms. The summed E-state index contributed by atoms with van der Waals surface area (Å²) in [5, 5.41) is 19.5. The fraction of sp³-hybridized carbons (Fsp3) is 0.386. The Morgan fingerprint density at radius 2 is 1.47 bits per heavy atom. The third kappa shape index (κ3) is 13.4. The predicted molar refractivity (Wildman–Crippen MR) is 230 cm³/mol. The van der Waals surface area contributed by atoms with Crippen molar-refractivity contribution in [2.24, 2.45) is 11.7 Å². The summed E-state index contributed by atoms with van der Waals surface area (Å²) in [5.41, 5.74) is 10.6. The number of hydrogen-bond donors (Lipinski definition) is 7. The first-order valence-corrected chi connectivity index (χ1v) is 21.9. The van der Waals surface area contributed by atoms with Crippen molar-refractivity contribution in [1.29, 1.82) is 5.41 Å². The van der Waals surface area contributed by atoms with Gasteiger partial charge in [-0.3, -0.25) is 34.4 Å². The van der Waals surface area contributed by atoms with Crippen LogP contribution in [0.15, 0.2) is 102 Å². The maximum absolute atomic E-state index is 14.4. The van der Waals surface area contributed by atoms with Gasteiger partial charge in [0.1, 0.15) is 17.9 Å². The highest BCUT2D eigenvalue weighted by molar-refractivity contribution is 7.88. The Labute approximate surface area is 351 Å². The van der Waals surface area contributed by atoms with E-state index in [0.29, 0.717) is 43.7 Å². The molecule has 3 aromatic rings. The Balaban J connectivity index is 1.29. The molecule has 16 heteroatoms. The van der Waals surface area contributed by atoms with Crippen LogP contribution in [0.25, 0.3) is 0 Å². The van der Waals surface area contributed by atoms with Crippen molar-refractivity contribution in [2.45, 2.75) is 57.1 Å². The highest BCUT2D eigenvalue weighted by atomic mass is 32.2. The number of sulfonamides is 1. The number of piperazine rings is 1. The molecule has 3 aromatic carbocycles. The van der Waals surface area contributed by atoms with E-state index < -0.39 is 33.9 Å². The number of benzene rings is 3. The molecule has 3 heterocycles. The molecule has 1 saturated heterocycles. The molecule has 0 saturated carbocycles. The lowest BCUT2D eigenvalue weighted by atomic mass is 9.88. The van der Waals surface area contributed by atoms with Crippen molar-refractivity contribution >= 4 is 39.5 Å². The van der Waals surface area contributed by atoms with E-state index in [1.54, 1.807) is 54.6 Å². The number of amides is 4. The van der Waals surface area contributed by atoms with Crippen molar-refractivity contribution in [3.8, 4) is 0 Å². The molecule has 1 unspecified atom stereocenters. The first-order valence-electron chi connectivity index (χ1n) is 20.3. The number of hydrogen-bond acceptors (Lipinski definition) is 9. The number of carbonyl (C=O) groups is 4. The van der Waals surface area contributed by atoms with Crippen LogP contribution in [-0.2, 0) is 54.5 Å². The molecule has 4 aliphatic rings. The zero-order chi connectivity index (χ0) is 42.6. The maximum atomic E-state index is 14.4. The lowest BCUT2D eigenvalue weighted by molar-refractivity contribution is -0.129. The topological polar surface area (TPSA) is 219 Å². The molecule has 3 aliphatic heterocycles. The molecule has 6 bridgehead atoms. The molecule has 318 valence electrons. The second-order valence-electron chi connectivity index (χ2n) is 15.9. The molecule has 15 nitrogen and oxygen atoms in total. The van der Waals surface area contributed by atoms with Gasteiger partial charge in [0, 0.05) is 57.8 Å². The van der Waals surface area contributed by atoms with Crippen LogP contribution in [-0.4, -0.2) is 106 Å². The summed E-state index contributed by atoms with van der Waals surface area (Å²) in [6, 6.07) is 20.6. The van der Waals surface area contributed by atoms with Crippen molar-refractivity contribution in [1.82, 2.24) is 35.8 Å². The van der Waals surface area contributed by atoms with Crippen LogP contribution in [0.4, 0.5) is 0 Å². The largest absolute Gasteiger partial charge is 0.384 e. The smallest absolute Gasteiger partial charge is 0.243 e. The summed E-state index contributed by atoms with van der Waals surface area (Å²) in [5.74, 6) is -1.80. The number of nitrogens with one attached hydrogen (secondary N) is 6. The SMILES string of the molecule is CC1C=C2C=C(C1)C[C@@H](NS(=O)(=O)Cc1ccccc1)C(=O)N[C@H](C(=O)NCc1ccc(C(=N)N)cc1)Cc1cccc(c1)CNC(=O)CN1CCN(CC1)CC(=O)NC2. The first kappa shape index (κ1) is 43.9. The van der Waals surface area contributed by atoms with E-state index in [1.807, 2.05) is 37.3 Å². The summed E-state index contributed by atoms with van der Waals surface area (Å²) in [7, 11) is -4.06. The molecule has 7 rings (SSSR count). The van der Waals surface area contributed by atoms with Crippen LogP contribution in [0.5, 0.6) is 0 Å². The molecule has 8 N–H and O–H groups in total. The average Bonchev–Trinajstić information content (AvgIpc) is 3.21. The van der Waals surface area contributed by atoms with Crippen molar-refractivity contribution < 1.29 is 27.6 Å². The number of nitrogens with two attached hydrogens (primary N) is 1. The quantitative estimate of drug-likeness (QED) is 0.129. The monoisotopic (exact) mass is 837 g/mol. The average molecular weight is 838 g/mol. The van der Waals surface area contributed by atoms with E-state index >= 15 is 0 Å². The van der Waals surface area contributed by atoms with Crippen molar-refractivity contribution in [3.05, 3.63) is 130 Å². The number of fused-ring (bicyclic) bond motifs is 13. The molecule has 1 fully saturated rings. The third-order valence-corrected chi connectivity index (χ3v) is 12.1. The molecule has 0 spiro atoms. The number of amidine groups is 1. The summed E-state index contributed by atoms with van der Waals surface area (Å²) >= 11 is 0. The predicted octanol–water partition coefficient (Wildman–Crippen LogP) is 1.45. The zero-order valence-electron chi connectivity index (χ0n) is 33.9. The summed E-state index contributed by atoms with van der Waals surface area (Å²) in [6.07, 6.45) is 4.66. The first-order chi connectivity index (χ1) is 28.8. The van der Waals surface area contributed by atoms with Crippen LogP contribution >= 0.6 is 0 Å². The van der Waals surface area contributed by atoms with Gasteiger partial charge in [-0.25, -0.2) is 13.1 Å². The van der Waals surface area contributed by atoms with Crippen LogP contribution in [0.2, 0.25) is 0 Å². The van der Waals surface area contributed by atoms with Gasteiger partial charge in [0.15, 0.2) is 0 Å². The van der Waals surface area contributed by atoms with E-state index in [4.69, 9.17) is 11.1 Å². The lowest BCUT2D eigenvalue weighted by Crippen LogP contribution is -2.54. The van der Waals surface area contributed by atoms with Gasteiger partial charge in [0.25, 0.3) is 0 Å². The normalized spacial score (nSPS) is 23.4. The number of nitrogens with zero attached hydrogens (tertiary/aromatic N) is 2. The second-order valence-corrected chi connectivity index (χ2v) is 17.6. The van der Waals surface area contributed by atoms with E-state index in [1.165, 1.54) is 0 Å². The van der Waals surface area contributed by atoms with E-state index in [-0.39, 0.29) is 74.9 Å². The molecular weight excluding hydrogens is 783 g/mol. The Bertz CT molecular complexity index is 2200. The Kier molecular flexibility index (Phi) is 15.0. The molecular formula is C44H55N9O6S. The van der Waals surface area contributed by atoms with Crippen LogP contribution in [0.3, 0.4) is 0 Å². The highest BCUT2D eigenvalue weighted by Gasteiger charge is 2.31. The van der Waals surface area contributed by atoms with E-state index in [2.05, 4.69) is 41.9 Å². The summed E-state index contributed by atoms with van der Waals surface area (Å²) in [4.78, 5) is 58.6. The number of rotatable bonds is 8. The van der Waals surface area contributed by atoms with E-state index in [9.17, 15) is 27.6 Å². The van der Waals surface area contributed by atoms with Gasteiger partial charge in [0.05, 0.1) is 18.8 Å². The fourth-order valence-electron chi connectivity index (χ4n) is 7.68. The van der Waals surface area contributed by atoms with Gasteiger partial charge >= 0.3 is 0 Å². The molecule has 3 atom stereocenters. The zero-order valence-corrected chi connectivity index (χ0v) is 34.7. The van der Waals surface area contributed by atoms with Gasteiger partial charge < -0.3 is 27.0 Å². The van der Waals surface area contributed by atoms with Gasteiger partial charge in [-0.1, -0.05) is 104 Å². The lowest BCUT2D eigenvalue weighted by Gasteiger charge is -2.33. The fourth-order valence-corrected chi connectivity index (χ4v) is 9.02. The Hall–Kier alpha value is -5.68. The number of nitrogen functional groups attached to an aromatic ring is 1. The molecule has 1 aliphatic carbocycles. The summed E-state index contributed by atoms with van der Waals surface area (Å²) in [6.45, 7) is 5.72. The minimum absolute atomic E-state index is 0.0335. The van der Waals surface area contributed by atoms with Crippen LogP contribution < -0.4 is 31.7 Å². The van der Waals surface area contributed by atoms with Crippen molar-refractivity contribution in [2.75, 3.05) is 45.8 Å². The van der Waals surface area contributed by atoms with Crippen LogP contribution in [0, 0.1) is 11.3 Å². The maximum Gasteiger partial charge on any atom is 0.243 e. The highest BCUT2D eigenvalue weighted by Crippen LogP contribution is 2.26. The van der Waals surface area contributed by atoms with Crippen LogP contribution in [0.1, 0.15) is 47.6 Å². The van der Waals surface area contributed by atoms with Gasteiger partial charge in [-0.2, -0.15) is 0 Å². The van der Waals surface area contributed by atoms with E-state index in [0.717, 1.165) is 27.8 Å². The third-order valence-electron chi connectivity index (χ3n) is 10.8. The Morgan fingerprint density at radius 1 is 0.817 bits per heavy atom. The minimum atomic E-state index is -4.06. The molecule has 0 radical (unpaired) electrons. The van der Waals surface area contributed by atoms with Gasteiger partial charge in [-0.05, 0) is 46.6 Å². The number of carbonyl (C=O) groups excluding carboxylic acids is 4. The van der Waals surface area contributed by atoms with Gasteiger partial charge in [0.2, 0.25) is 33.7 Å². The second kappa shape index (κ2) is 20.5. The molecule has 4 amide bonds. The number of allylic oxidation sites excluding steroid dienone is 1. The summed E-state index contributed by atoms with van der Waals surface area (Å²) < 4.78 is 30.1. The molecule has 0 aromatic heterocycles. The van der Waals surface area contributed by atoms with Gasteiger partial charge in [-0.15, -0.1) is 0 Å². The van der Waals surface area contributed by atoms with Crippen molar-refractivity contribution in [3.63, 3.8) is 0 Å². The minimum Gasteiger partial charge on any atom is -0.384 e. The Morgan fingerprint density at radius 3 is 2.13 bits per heavy atom.